The minimum atomic E-state index is -0.546. The Kier molecular flexibility index (Phi) is 3.30. The number of hydrogen-bond acceptors (Lipinski definition) is 4. The average Bonchev–Trinajstić information content (AvgIpc) is 2.35. The lowest BCUT2D eigenvalue weighted by Gasteiger charge is -2.59. The van der Waals surface area contributed by atoms with Crippen molar-refractivity contribution in [3.8, 4) is 0 Å². The van der Waals surface area contributed by atoms with Gasteiger partial charge in [0.05, 0.1) is 12.1 Å². The summed E-state index contributed by atoms with van der Waals surface area (Å²) in [7, 11) is 0. The summed E-state index contributed by atoms with van der Waals surface area (Å²) in [6.07, 6.45) is 9.40. The van der Waals surface area contributed by atoms with E-state index in [9.17, 15) is 9.90 Å². The Morgan fingerprint density at radius 2 is 1.76 bits per heavy atom. The maximum atomic E-state index is 12.4. The molecule has 4 heteroatoms. The topological polar surface area (TPSA) is 49.8 Å². The second-order valence-corrected chi connectivity index (χ2v) is 8.18. The third kappa shape index (κ3) is 2.72. The van der Waals surface area contributed by atoms with Gasteiger partial charge >= 0.3 is 5.97 Å². The number of esters is 1. The van der Waals surface area contributed by atoms with Crippen molar-refractivity contribution in [2.75, 3.05) is 19.6 Å². The summed E-state index contributed by atoms with van der Waals surface area (Å²) >= 11 is 0. The van der Waals surface area contributed by atoms with E-state index < -0.39 is 5.60 Å². The Labute approximate surface area is 126 Å². The van der Waals surface area contributed by atoms with Gasteiger partial charge in [0, 0.05) is 6.42 Å². The zero-order valence-electron chi connectivity index (χ0n) is 12.9. The molecule has 0 spiro atoms. The summed E-state index contributed by atoms with van der Waals surface area (Å²) in [5.74, 6) is 1.07. The molecule has 4 nitrogen and oxygen atoms in total. The van der Waals surface area contributed by atoms with Crippen molar-refractivity contribution in [1.29, 1.82) is 0 Å². The molecule has 2 atom stereocenters. The van der Waals surface area contributed by atoms with Gasteiger partial charge in [-0.3, -0.25) is 9.69 Å². The molecule has 0 aromatic heterocycles. The van der Waals surface area contributed by atoms with E-state index >= 15 is 0 Å². The third-order valence-electron chi connectivity index (χ3n) is 6.11. The van der Waals surface area contributed by atoms with Gasteiger partial charge in [0.25, 0.3) is 0 Å². The fraction of sp³-hybridized carbons (Fsp3) is 0.941. The molecule has 4 bridgehead atoms. The predicted octanol–water partition coefficient (Wildman–Crippen LogP) is 2.10. The quantitative estimate of drug-likeness (QED) is 0.810. The van der Waals surface area contributed by atoms with E-state index in [0.29, 0.717) is 24.8 Å². The van der Waals surface area contributed by atoms with Crippen LogP contribution in [0.2, 0.25) is 0 Å². The molecule has 1 N–H and O–H groups in total. The monoisotopic (exact) mass is 293 g/mol. The van der Waals surface area contributed by atoms with Gasteiger partial charge in [-0.2, -0.15) is 0 Å². The Hall–Kier alpha value is -0.610. The second kappa shape index (κ2) is 4.95. The Morgan fingerprint density at radius 3 is 2.38 bits per heavy atom. The molecule has 0 aromatic carbocycles. The molecule has 0 aromatic rings. The van der Waals surface area contributed by atoms with Crippen LogP contribution in [0.25, 0.3) is 0 Å². The van der Waals surface area contributed by atoms with E-state index in [4.69, 9.17) is 4.74 Å². The highest BCUT2D eigenvalue weighted by Gasteiger charge is 2.59. The van der Waals surface area contributed by atoms with Crippen molar-refractivity contribution in [2.45, 2.75) is 69.0 Å². The van der Waals surface area contributed by atoms with Gasteiger partial charge in [0.15, 0.2) is 0 Å². The van der Waals surface area contributed by atoms with Crippen LogP contribution < -0.4 is 0 Å². The summed E-state index contributed by atoms with van der Waals surface area (Å²) in [4.78, 5) is 14.6. The molecule has 5 aliphatic rings. The molecule has 118 valence electrons. The van der Waals surface area contributed by atoms with Gasteiger partial charge in [-0.1, -0.05) is 6.42 Å². The van der Waals surface area contributed by atoms with Crippen LogP contribution in [0.4, 0.5) is 0 Å². The number of piperidine rings is 1. The fourth-order valence-corrected chi connectivity index (χ4v) is 5.82. The van der Waals surface area contributed by atoms with Crippen molar-refractivity contribution < 1.29 is 14.6 Å². The van der Waals surface area contributed by atoms with Crippen molar-refractivity contribution in [3.05, 3.63) is 0 Å². The molecule has 1 aliphatic heterocycles. The van der Waals surface area contributed by atoms with Crippen LogP contribution in [0, 0.1) is 11.8 Å². The molecule has 2 unspecified atom stereocenters. The predicted molar refractivity (Wildman–Crippen MR) is 78.7 cm³/mol. The maximum Gasteiger partial charge on any atom is 0.320 e. The summed E-state index contributed by atoms with van der Waals surface area (Å²) in [5, 5.41) is 10.7. The van der Waals surface area contributed by atoms with E-state index in [1.807, 2.05) is 0 Å². The highest BCUT2D eigenvalue weighted by molar-refractivity contribution is 5.72. The van der Waals surface area contributed by atoms with Gasteiger partial charge in [0.1, 0.15) is 5.60 Å². The molecule has 5 rings (SSSR count). The molecule has 0 radical (unpaired) electrons. The van der Waals surface area contributed by atoms with E-state index in [-0.39, 0.29) is 11.6 Å². The third-order valence-corrected chi connectivity index (χ3v) is 6.11. The number of rotatable bonds is 3. The minimum Gasteiger partial charge on any atom is -0.458 e. The van der Waals surface area contributed by atoms with E-state index in [0.717, 1.165) is 38.8 Å². The first-order valence-corrected chi connectivity index (χ1v) is 8.71. The van der Waals surface area contributed by atoms with Crippen molar-refractivity contribution in [3.63, 3.8) is 0 Å². The number of carbonyl (C=O) groups is 1. The highest BCUT2D eigenvalue weighted by atomic mass is 16.6. The maximum absolute atomic E-state index is 12.4. The van der Waals surface area contributed by atoms with E-state index in [1.165, 1.54) is 25.7 Å². The van der Waals surface area contributed by atoms with Crippen LogP contribution >= 0.6 is 0 Å². The molecular formula is C17H27NO3. The van der Waals surface area contributed by atoms with Crippen LogP contribution in [0.3, 0.4) is 0 Å². The average molecular weight is 293 g/mol. The minimum absolute atomic E-state index is 0.0672. The van der Waals surface area contributed by atoms with Crippen molar-refractivity contribution in [1.82, 2.24) is 4.90 Å². The summed E-state index contributed by atoms with van der Waals surface area (Å²) in [5.41, 5.74) is -0.888. The van der Waals surface area contributed by atoms with E-state index in [1.54, 1.807) is 0 Å². The molecule has 0 amide bonds. The van der Waals surface area contributed by atoms with Gasteiger partial charge in [-0.15, -0.1) is 0 Å². The molecule has 1 saturated heterocycles. The molecule has 1 heterocycles. The first kappa shape index (κ1) is 14.0. The normalized spacial score (nSPS) is 45.8. The summed E-state index contributed by atoms with van der Waals surface area (Å²) in [6, 6.07) is 0. The zero-order valence-corrected chi connectivity index (χ0v) is 12.9. The summed E-state index contributed by atoms with van der Waals surface area (Å²) in [6.45, 7) is 2.49. The lowest BCUT2D eigenvalue weighted by Crippen LogP contribution is -2.60. The lowest BCUT2D eigenvalue weighted by molar-refractivity contribution is -0.220. The second-order valence-electron chi connectivity index (χ2n) is 8.18. The molecule has 4 aliphatic carbocycles. The van der Waals surface area contributed by atoms with Crippen LogP contribution in [0.15, 0.2) is 0 Å². The number of likely N-dealkylation sites (tertiary alicyclic amines) is 1. The van der Waals surface area contributed by atoms with Crippen LogP contribution in [-0.4, -0.2) is 46.8 Å². The lowest BCUT2D eigenvalue weighted by atomic mass is 9.52. The Balaban J connectivity index is 1.40. The number of hydrogen-bond donors (Lipinski definition) is 1. The van der Waals surface area contributed by atoms with E-state index in [2.05, 4.69) is 4.90 Å². The molecule has 5 fully saturated rings. The first-order chi connectivity index (χ1) is 10.0. The molecule has 4 saturated carbocycles. The number of nitrogens with zero attached hydrogens (tertiary/aromatic N) is 1. The molecule has 21 heavy (non-hydrogen) atoms. The van der Waals surface area contributed by atoms with Gasteiger partial charge in [-0.05, 0) is 69.9 Å². The number of carbonyl (C=O) groups excluding carboxylic acids is 1. The van der Waals surface area contributed by atoms with Gasteiger partial charge < -0.3 is 9.84 Å². The first-order valence-electron chi connectivity index (χ1n) is 8.71. The highest BCUT2D eigenvalue weighted by Crippen LogP contribution is 2.58. The Bertz CT molecular complexity index is 416. The largest absolute Gasteiger partial charge is 0.458 e. The van der Waals surface area contributed by atoms with Crippen LogP contribution in [0.1, 0.15) is 57.8 Å². The van der Waals surface area contributed by atoms with Crippen LogP contribution in [0.5, 0.6) is 0 Å². The zero-order chi connectivity index (χ0) is 14.5. The SMILES string of the molecule is O=C(CN1CCCCC1)OC12CC3CC(CC(O)(C3)C1)C2. The Morgan fingerprint density at radius 1 is 1.10 bits per heavy atom. The van der Waals surface area contributed by atoms with Gasteiger partial charge in [0.2, 0.25) is 0 Å². The summed E-state index contributed by atoms with van der Waals surface area (Å²) < 4.78 is 5.98. The molecular weight excluding hydrogens is 266 g/mol. The van der Waals surface area contributed by atoms with Gasteiger partial charge in [-0.25, -0.2) is 0 Å². The standard InChI is InChI=1S/C17H27NO3/c19-15(11-18-4-2-1-3-5-18)21-17-9-13-6-14(10-17)8-16(20,7-13)12-17/h13-14,20H,1-12H2. The fourth-order valence-electron chi connectivity index (χ4n) is 5.82. The smallest absolute Gasteiger partial charge is 0.320 e. The van der Waals surface area contributed by atoms with Crippen LogP contribution in [-0.2, 0) is 9.53 Å². The van der Waals surface area contributed by atoms with Crippen molar-refractivity contribution in [2.24, 2.45) is 11.8 Å². The van der Waals surface area contributed by atoms with Crippen molar-refractivity contribution >= 4 is 5.97 Å². The number of ether oxygens (including phenoxy) is 1. The number of aliphatic hydroxyl groups is 1.